The number of methoxy groups -OCH3 is 4. The molecule has 1 aliphatic rings. The number of rotatable bonds is 8. The summed E-state index contributed by atoms with van der Waals surface area (Å²) in [5.41, 5.74) is 1.61. The molecule has 0 spiro atoms. The van der Waals surface area contributed by atoms with Crippen LogP contribution in [0.1, 0.15) is 36.8 Å². The van der Waals surface area contributed by atoms with Crippen LogP contribution >= 0.6 is 0 Å². The van der Waals surface area contributed by atoms with Crippen molar-refractivity contribution in [1.82, 2.24) is 0 Å². The van der Waals surface area contributed by atoms with E-state index in [9.17, 15) is 14.7 Å². The predicted molar refractivity (Wildman–Crippen MR) is 122 cm³/mol. The number of hydrogen-bond acceptors (Lipinski definition) is 8. The third-order valence-electron chi connectivity index (χ3n) is 5.22. The molecular weight excluding hydrogens is 428 g/mol. The molecule has 0 radical (unpaired) electrons. The molecule has 8 heteroatoms. The van der Waals surface area contributed by atoms with Gasteiger partial charge in [0.15, 0.2) is 23.0 Å². The van der Waals surface area contributed by atoms with Gasteiger partial charge in [-0.05, 0) is 61.1 Å². The van der Waals surface area contributed by atoms with Crippen LogP contribution in [0.3, 0.4) is 0 Å². The largest absolute Gasteiger partial charge is 0.504 e. The zero-order valence-corrected chi connectivity index (χ0v) is 19.6. The molecule has 0 heterocycles. The summed E-state index contributed by atoms with van der Waals surface area (Å²) in [5.74, 6) is 1.26. The van der Waals surface area contributed by atoms with Crippen LogP contribution < -0.4 is 14.2 Å². The van der Waals surface area contributed by atoms with Gasteiger partial charge in [0, 0.05) is 0 Å². The molecule has 1 saturated carbocycles. The number of benzene rings is 2. The molecule has 8 nitrogen and oxygen atoms in total. The van der Waals surface area contributed by atoms with Gasteiger partial charge >= 0.3 is 11.9 Å². The summed E-state index contributed by atoms with van der Waals surface area (Å²) in [4.78, 5) is 22.2. The molecule has 1 N–H and O–H groups in total. The smallest absolute Gasteiger partial charge is 0.309 e. The van der Waals surface area contributed by atoms with Crippen LogP contribution in [-0.4, -0.2) is 51.6 Å². The van der Waals surface area contributed by atoms with Crippen LogP contribution in [0.25, 0.3) is 0 Å². The van der Waals surface area contributed by atoms with Crippen molar-refractivity contribution < 1.29 is 38.4 Å². The van der Waals surface area contributed by atoms with E-state index in [0.717, 1.165) is 29.7 Å². The van der Waals surface area contributed by atoms with Gasteiger partial charge in [0.1, 0.15) is 0 Å². The van der Waals surface area contributed by atoms with E-state index in [1.54, 1.807) is 19.2 Å². The first-order chi connectivity index (χ1) is 15.9. The van der Waals surface area contributed by atoms with Crippen molar-refractivity contribution in [2.24, 2.45) is 0 Å². The molecule has 0 aliphatic heterocycles. The average molecular weight is 461 g/mol. The minimum atomic E-state index is -0.322. The summed E-state index contributed by atoms with van der Waals surface area (Å²) in [6.45, 7) is 0. The number of phenolic OH excluding ortho intramolecular Hbond substituents is 1. The van der Waals surface area contributed by atoms with Crippen LogP contribution in [0.2, 0.25) is 0 Å². The van der Waals surface area contributed by atoms with Crippen LogP contribution in [0.4, 0.5) is 0 Å². The maximum atomic E-state index is 11.3. The van der Waals surface area contributed by atoms with Gasteiger partial charge in [-0.25, -0.2) is 0 Å². The van der Waals surface area contributed by atoms with Gasteiger partial charge in [-0.15, -0.1) is 0 Å². The third-order valence-corrected chi connectivity index (χ3v) is 5.22. The first kappa shape index (κ1) is 25.8. The number of aromatic hydroxyl groups is 1. The lowest BCUT2D eigenvalue weighted by molar-refractivity contribution is -0.140. The lowest BCUT2D eigenvalue weighted by Gasteiger charge is -2.16. The molecule has 3 rings (SSSR count). The zero-order valence-electron chi connectivity index (χ0n) is 19.6. The molecule has 1 aliphatic carbocycles. The Morgan fingerprint density at radius 1 is 0.788 bits per heavy atom. The molecule has 2 aromatic carbocycles. The fourth-order valence-corrected chi connectivity index (χ4v) is 3.41. The SMILES string of the molecule is COC(=O)Cc1ccc(O)c(OC)c1.COC(=O)Cc1ccc(OC2CCCC2)c(OC)c1. The lowest BCUT2D eigenvalue weighted by Crippen LogP contribution is -2.12. The van der Waals surface area contributed by atoms with E-state index < -0.39 is 0 Å². The van der Waals surface area contributed by atoms with Crippen molar-refractivity contribution in [3.8, 4) is 23.0 Å². The number of phenols is 1. The highest BCUT2D eigenvalue weighted by atomic mass is 16.5. The molecule has 1 fully saturated rings. The van der Waals surface area contributed by atoms with E-state index in [-0.39, 0.29) is 30.5 Å². The van der Waals surface area contributed by atoms with Crippen molar-refractivity contribution in [2.45, 2.75) is 44.6 Å². The molecule has 2 aromatic rings. The Balaban J connectivity index is 0.000000245. The van der Waals surface area contributed by atoms with E-state index in [0.29, 0.717) is 17.6 Å². The van der Waals surface area contributed by atoms with Gasteiger partial charge in [-0.2, -0.15) is 0 Å². The van der Waals surface area contributed by atoms with Crippen molar-refractivity contribution in [2.75, 3.05) is 28.4 Å². The molecule has 0 bridgehead atoms. The normalized spacial score (nSPS) is 12.8. The van der Waals surface area contributed by atoms with Gasteiger partial charge in [-0.1, -0.05) is 12.1 Å². The third kappa shape index (κ3) is 8.21. The fraction of sp³-hybridized carbons (Fsp3) is 0.440. The summed E-state index contributed by atoms with van der Waals surface area (Å²) in [5, 5.41) is 9.29. The summed E-state index contributed by atoms with van der Waals surface area (Å²) < 4.78 is 25.3. The van der Waals surface area contributed by atoms with Crippen LogP contribution in [-0.2, 0) is 31.9 Å². The van der Waals surface area contributed by atoms with E-state index >= 15 is 0 Å². The Labute approximate surface area is 194 Å². The summed E-state index contributed by atoms with van der Waals surface area (Å²) in [6, 6.07) is 10.3. The highest BCUT2D eigenvalue weighted by molar-refractivity contribution is 5.73. The van der Waals surface area contributed by atoms with Crippen LogP contribution in [0, 0.1) is 0 Å². The minimum absolute atomic E-state index is 0.0566. The Kier molecular flexibility index (Phi) is 10.3. The van der Waals surface area contributed by atoms with Gasteiger partial charge in [0.25, 0.3) is 0 Å². The van der Waals surface area contributed by atoms with Crippen LogP contribution in [0.15, 0.2) is 36.4 Å². The van der Waals surface area contributed by atoms with Gasteiger partial charge in [0.05, 0.1) is 47.4 Å². The Morgan fingerprint density at radius 2 is 1.30 bits per heavy atom. The molecule has 0 amide bonds. The monoisotopic (exact) mass is 460 g/mol. The first-order valence-corrected chi connectivity index (χ1v) is 10.7. The maximum Gasteiger partial charge on any atom is 0.309 e. The van der Waals surface area contributed by atoms with Crippen molar-refractivity contribution in [3.63, 3.8) is 0 Å². The average Bonchev–Trinajstić information content (AvgIpc) is 3.34. The topological polar surface area (TPSA) is 101 Å². The Bertz CT molecular complexity index is 919. The minimum Gasteiger partial charge on any atom is -0.504 e. The predicted octanol–water partition coefficient (Wildman–Crippen LogP) is 3.85. The molecule has 0 aromatic heterocycles. The second kappa shape index (κ2) is 13.2. The maximum absolute atomic E-state index is 11.3. The first-order valence-electron chi connectivity index (χ1n) is 10.7. The van der Waals surface area contributed by atoms with Gasteiger partial charge in [-0.3, -0.25) is 9.59 Å². The van der Waals surface area contributed by atoms with E-state index in [2.05, 4.69) is 9.47 Å². The molecular formula is C25H32O8. The Morgan fingerprint density at radius 3 is 1.82 bits per heavy atom. The van der Waals surface area contributed by atoms with Gasteiger partial charge in [0.2, 0.25) is 0 Å². The Hall–Kier alpha value is -3.42. The van der Waals surface area contributed by atoms with Crippen molar-refractivity contribution >= 4 is 11.9 Å². The molecule has 0 unspecified atom stereocenters. The van der Waals surface area contributed by atoms with E-state index in [4.69, 9.17) is 14.2 Å². The standard InChI is InChI=1S/C15H20O4.C10H12O4/c1-17-14-9-11(10-15(16)18-2)7-8-13(14)19-12-5-3-4-6-12;1-13-9-5-7(3-4-8(9)11)6-10(12)14-2/h7-9,12H,3-6,10H2,1-2H3;3-5,11H,6H2,1-2H3. The molecule has 0 atom stereocenters. The summed E-state index contributed by atoms with van der Waals surface area (Å²) in [7, 11) is 5.78. The molecule has 180 valence electrons. The summed E-state index contributed by atoms with van der Waals surface area (Å²) in [6.07, 6.45) is 5.38. The second-order valence-corrected chi connectivity index (χ2v) is 7.52. The highest BCUT2D eigenvalue weighted by Gasteiger charge is 2.18. The number of esters is 2. The highest BCUT2D eigenvalue weighted by Crippen LogP contribution is 2.32. The lowest BCUT2D eigenvalue weighted by atomic mass is 10.1. The quantitative estimate of drug-likeness (QED) is 0.593. The number of hydrogen-bond donors (Lipinski definition) is 1. The van der Waals surface area contributed by atoms with Crippen molar-refractivity contribution in [3.05, 3.63) is 47.5 Å². The van der Waals surface area contributed by atoms with E-state index in [1.807, 2.05) is 18.2 Å². The number of ether oxygens (including phenoxy) is 5. The summed E-state index contributed by atoms with van der Waals surface area (Å²) >= 11 is 0. The second-order valence-electron chi connectivity index (χ2n) is 7.52. The zero-order chi connectivity index (χ0) is 24.2. The number of carbonyl (C=O) groups is 2. The van der Waals surface area contributed by atoms with Gasteiger partial charge < -0.3 is 28.8 Å². The number of carbonyl (C=O) groups excluding carboxylic acids is 2. The van der Waals surface area contributed by atoms with E-state index in [1.165, 1.54) is 40.2 Å². The fourth-order valence-electron chi connectivity index (χ4n) is 3.41. The molecule has 0 saturated heterocycles. The van der Waals surface area contributed by atoms with Crippen LogP contribution in [0.5, 0.6) is 23.0 Å². The van der Waals surface area contributed by atoms with Crippen molar-refractivity contribution in [1.29, 1.82) is 0 Å². The molecule has 33 heavy (non-hydrogen) atoms.